The van der Waals surface area contributed by atoms with Crippen LogP contribution in [0.4, 0.5) is 5.69 Å². The monoisotopic (exact) mass is 230 g/mol. The van der Waals surface area contributed by atoms with E-state index in [9.17, 15) is 4.79 Å². The second-order valence-electron chi connectivity index (χ2n) is 4.05. The van der Waals surface area contributed by atoms with E-state index in [2.05, 4.69) is 0 Å². The highest BCUT2D eigenvalue weighted by atomic mass is 16.4. The van der Waals surface area contributed by atoms with Crippen LogP contribution < -0.4 is 11.5 Å². The Bertz CT molecular complexity index is 566. The molecule has 0 saturated carbocycles. The lowest BCUT2D eigenvalue weighted by molar-refractivity contribution is -0.138. The highest BCUT2D eigenvalue weighted by Crippen LogP contribution is 2.23. The Balaban J connectivity index is 2.49. The minimum Gasteiger partial charge on any atom is -0.480 e. The summed E-state index contributed by atoms with van der Waals surface area (Å²) in [4.78, 5) is 10.8. The number of nitrogens with two attached hydrogens (primary N) is 2. The smallest absolute Gasteiger partial charge is 0.320 e. The normalized spacial score (nSPS) is 12.5. The second-order valence-corrected chi connectivity index (χ2v) is 4.05. The number of nitrogen functional groups attached to an aromatic ring is 1. The Morgan fingerprint density at radius 3 is 2.71 bits per heavy atom. The van der Waals surface area contributed by atoms with Crippen LogP contribution in [0.25, 0.3) is 10.8 Å². The van der Waals surface area contributed by atoms with E-state index < -0.39 is 12.0 Å². The average Bonchev–Trinajstić information content (AvgIpc) is 2.28. The molecule has 0 unspecified atom stereocenters. The predicted octanol–water partition coefficient (Wildman–Crippen LogP) is 1.38. The van der Waals surface area contributed by atoms with Gasteiger partial charge in [0.05, 0.1) is 0 Å². The number of aliphatic carboxylic acids is 1. The van der Waals surface area contributed by atoms with E-state index >= 15 is 0 Å². The van der Waals surface area contributed by atoms with Crippen molar-refractivity contribution < 1.29 is 9.90 Å². The molecule has 0 bridgehead atoms. The van der Waals surface area contributed by atoms with Crippen molar-refractivity contribution in [3.8, 4) is 0 Å². The summed E-state index contributed by atoms with van der Waals surface area (Å²) in [5.41, 5.74) is 12.8. The van der Waals surface area contributed by atoms with Crippen LogP contribution in [0.5, 0.6) is 0 Å². The van der Waals surface area contributed by atoms with Crippen molar-refractivity contribution >= 4 is 22.4 Å². The maximum Gasteiger partial charge on any atom is 0.320 e. The van der Waals surface area contributed by atoms with Gasteiger partial charge in [0.1, 0.15) is 6.04 Å². The van der Waals surface area contributed by atoms with Gasteiger partial charge >= 0.3 is 5.97 Å². The number of carboxylic acid groups (broad SMARTS) is 1. The zero-order chi connectivity index (χ0) is 12.4. The van der Waals surface area contributed by atoms with Crippen LogP contribution in [0, 0.1) is 0 Å². The molecule has 0 amide bonds. The van der Waals surface area contributed by atoms with Crippen LogP contribution in [0.2, 0.25) is 0 Å². The summed E-state index contributed by atoms with van der Waals surface area (Å²) in [6.07, 6.45) is 0.279. The van der Waals surface area contributed by atoms with Crippen molar-refractivity contribution in [2.24, 2.45) is 5.73 Å². The molecule has 0 fully saturated rings. The summed E-state index contributed by atoms with van der Waals surface area (Å²) >= 11 is 0. The Labute approximate surface area is 98.8 Å². The molecule has 0 spiro atoms. The minimum absolute atomic E-state index is 0.279. The van der Waals surface area contributed by atoms with Crippen molar-refractivity contribution in [1.82, 2.24) is 0 Å². The molecule has 0 aromatic heterocycles. The Morgan fingerprint density at radius 2 is 2.00 bits per heavy atom. The van der Waals surface area contributed by atoms with E-state index in [0.717, 1.165) is 16.3 Å². The van der Waals surface area contributed by atoms with Crippen molar-refractivity contribution in [1.29, 1.82) is 0 Å². The molecule has 4 heteroatoms. The van der Waals surface area contributed by atoms with Crippen molar-refractivity contribution in [2.45, 2.75) is 12.5 Å². The standard InChI is InChI=1S/C13H14N2O2/c14-10-5-8-3-1-2-4-11(8)9(6-10)7-12(15)13(16)17/h1-6,12H,7,14-15H2,(H,16,17)/t12-/m1/s1. The molecule has 2 aromatic carbocycles. The molecule has 2 rings (SSSR count). The van der Waals surface area contributed by atoms with Crippen molar-refractivity contribution in [3.63, 3.8) is 0 Å². The lowest BCUT2D eigenvalue weighted by Crippen LogP contribution is -2.32. The van der Waals surface area contributed by atoms with Crippen LogP contribution in [0.1, 0.15) is 5.56 Å². The molecule has 88 valence electrons. The Morgan fingerprint density at radius 1 is 1.29 bits per heavy atom. The maximum absolute atomic E-state index is 10.8. The van der Waals surface area contributed by atoms with Crippen molar-refractivity contribution in [3.05, 3.63) is 42.0 Å². The molecule has 4 nitrogen and oxygen atoms in total. The van der Waals surface area contributed by atoms with Gasteiger partial charge in [0, 0.05) is 5.69 Å². The molecule has 0 aliphatic heterocycles. The van der Waals surface area contributed by atoms with Crippen LogP contribution in [-0.4, -0.2) is 17.1 Å². The summed E-state index contributed by atoms with van der Waals surface area (Å²) in [6.45, 7) is 0. The fourth-order valence-corrected chi connectivity index (χ4v) is 1.91. The number of hydrogen-bond donors (Lipinski definition) is 3. The van der Waals surface area contributed by atoms with E-state index in [0.29, 0.717) is 5.69 Å². The third kappa shape index (κ3) is 2.37. The molecule has 5 N–H and O–H groups in total. The first-order chi connectivity index (χ1) is 8.08. The summed E-state index contributed by atoms with van der Waals surface area (Å²) in [6, 6.07) is 10.5. The van der Waals surface area contributed by atoms with Gasteiger partial charge in [-0.1, -0.05) is 24.3 Å². The van der Waals surface area contributed by atoms with Gasteiger partial charge in [-0.25, -0.2) is 0 Å². The molecule has 0 aliphatic rings. The SMILES string of the molecule is Nc1cc(C[C@@H](N)C(=O)O)c2ccccc2c1. The molecule has 17 heavy (non-hydrogen) atoms. The molecule has 1 atom stereocenters. The van der Waals surface area contributed by atoms with Gasteiger partial charge in [-0.15, -0.1) is 0 Å². The summed E-state index contributed by atoms with van der Waals surface area (Å²) in [5.74, 6) is -1.00. The number of fused-ring (bicyclic) bond motifs is 1. The lowest BCUT2D eigenvalue weighted by atomic mass is 9.98. The number of rotatable bonds is 3. The first-order valence-corrected chi connectivity index (χ1v) is 5.33. The Hall–Kier alpha value is -2.07. The first-order valence-electron chi connectivity index (χ1n) is 5.33. The van der Waals surface area contributed by atoms with Gasteiger partial charge in [-0.3, -0.25) is 4.79 Å². The topological polar surface area (TPSA) is 89.3 Å². The number of anilines is 1. The maximum atomic E-state index is 10.8. The van der Waals surface area contributed by atoms with E-state index in [-0.39, 0.29) is 6.42 Å². The third-order valence-electron chi connectivity index (χ3n) is 2.73. The zero-order valence-corrected chi connectivity index (χ0v) is 9.26. The average molecular weight is 230 g/mol. The number of benzene rings is 2. The molecule has 0 heterocycles. The van der Waals surface area contributed by atoms with E-state index in [1.54, 1.807) is 6.07 Å². The van der Waals surface area contributed by atoms with Gasteiger partial charge in [0.15, 0.2) is 0 Å². The second kappa shape index (κ2) is 4.43. The van der Waals surface area contributed by atoms with E-state index in [4.69, 9.17) is 16.6 Å². The summed E-state index contributed by atoms with van der Waals surface area (Å²) in [7, 11) is 0. The molecule has 2 aromatic rings. The van der Waals surface area contributed by atoms with Gasteiger partial charge in [0.25, 0.3) is 0 Å². The van der Waals surface area contributed by atoms with Gasteiger partial charge in [-0.05, 0) is 34.9 Å². The Kier molecular flexibility index (Phi) is 2.97. The largest absolute Gasteiger partial charge is 0.480 e. The number of hydrogen-bond acceptors (Lipinski definition) is 3. The zero-order valence-electron chi connectivity index (χ0n) is 9.26. The fourth-order valence-electron chi connectivity index (χ4n) is 1.91. The highest BCUT2D eigenvalue weighted by molar-refractivity contribution is 5.89. The van der Waals surface area contributed by atoms with E-state index in [1.165, 1.54) is 0 Å². The van der Waals surface area contributed by atoms with Crippen molar-refractivity contribution in [2.75, 3.05) is 5.73 Å². The molecular formula is C13H14N2O2. The van der Waals surface area contributed by atoms with Crippen LogP contribution in [-0.2, 0) is 11.2 Å². The highest BCUT2D eigenvalue weighted by Gasteiger charge is 2.14. The molecule has 0 aliphatic carbocycles. The van der Waals surface area contributed by atoms with E-state index in [1.807, 2.05) is 30.3 Å². The van der Waals surface area contributed by atoms with Gasteiger partial charge < -0.3 is 16.6 Å². The number of carboxylic acids is 1. The number of carbonyl (C=O) groups is 1. The van der Waals surface area contributed by atoms with Gasteiger partial charge in [0.2, 0.25) is 0 Å². The molecule has 0 saturated heterocycles. The predicted molar refractivity (Wildman–Crippen MR) is 67.7 cm³/mol. The molecular weight excluding hydrogens is 216 g/mol. The molecule has 0 radical (unpaired) electrons. The quantitative estimate of drug-likeness (QED) is 0.695. The fraction of sp³-hybridized carbons (Fsp3) is 0.154. The lowest BCUT2D eigenvalue weighted by Gasteiger charge is -2.10. The summed E-state index contributed by atoms with van der Waals surface area (Å²) < 4.78 is 0. The van der Waals surface area contributed by atoms with Crippen LogP contribution >= 0.6 is 0 Å². The third-order valence-corrected chi connectivity index (χ3v) is 2.73. The van der Waals surface area contributed by atoms with Crippen LogP contribution in [0.3, 0.4) is 0 Å². The summed E-state index contributed by atoms with van der Waals surface area (Å²) in [5, 5.41) is 10.8. The first kappa shape index (κ1) is 11.4. The van der Waals surface area contributed by atoms with Gasteiger partial charge in [-0.2, -0.15) is 0 Å². The van der Waals surface area contributed by atoms with Crippen LogP contribution in [0.15, 0.2) is 36.4 Å². The minimum atomic E-state index is -1.00.